The van der Waals surface area contributed by atoms with Gasteiger partial charge in [0.25, 0.3) is 0 Å². The van der Waals surface area contributed by atoms with Gasteiger partial charge in [-0.05, 0) is 17.7 Å². The van der Waals surface area contributed by atoms with E-state index in [4.69, 9.17) is 10.8 Å². The molecule has 1 aliphatic rings. The highest BCUT2D eigenvalue weighted by Gasteiger charge is 2.40. The Morgan fingerprint density at radius 2 is 1.79 bits per heavy atom. The first-order chi connectivity index (χ1) is 8.79. The first-order valence-electron chi connectivity index (χ1n) is 5.40. The van der Waals surface area contributed by atoms with Crippen molar-refractivity contribution < 1.29 is 23.4 Å². The molecule has 1 aromatic carbocycles. The number of hydrogen-bond acceptors (Lipinski definition) is 4. The van der Waals surface area contributed by atoms with Gasteiger partial charge in [0.15, 0.2) is 6.23 Å². The summed E-state index contributed by atoms with van der Waals surface area (Å²) in [6, 6.07) is 5.15. The fourth-order valence-electron chi connectivity index (χ4n) is 1.92. The Bertz CT molecular complexity index is 547. The van der Waals surface area contributed by atoms with Gasteiger partial charge in [0.1, 0.15) is 11.6 Å². The molecule has 0 saturated carbocycles. The Morgan fingerprint density at radius 1 is 1.21 bits per heavy atom. The minimum atomic E-state index is -4.60. The van der Waals surface area contributed by atoms with E-state index in [-0.39, 0.29) is 22.7 Å². The standard InChI is InChI=1S/C12H11F3N2O2/c13-12(14,15)8-5-9(19)17-11(16)10(8)6-1-3-7(18)4-2-6/h1-4,9,18-19H,5H2,(H2,16,17). The molecule has 0 radical (unpaired) electrons. The lowest BCUT2D eigenvalue weighted by molar-refractivity contribution is -0.0964. The van der Waals surface area contributed by atoms with Crippen LogP contribution < -0.4 is 5.73 Å². The zero-order chi connectivity index (χ0) is 14.2. The summed E-state index contributed by atoms with van der Waals surface area (Å²) in [6.45, 7) is 0. The van der Waals surface area contributed by atoms with Crippen molar-refractivity contribution in [2.45, 2.75) is 18.8 Å². The highest BCUT2D eigenvalue weighted by molar-refractivity contribution is 6.23. The largest absolute Gasteiger partial charge is 0.508 e. The number of benzene rings is 1. The van der Waals surface area contributed by atoms with Crippen molar-refractivity contribution in [3.63, 3.8) is 0 Å². The van der Waals surface area contributed by atoms with E-state index in [1.807, 2.05) is 0 Å². The normalized spacial score (nSPS) is 20.4. The van der Waals surface area contributed by atoms with Crippen LogP contribution >= 0.6 is 0 Å². The topological polar surface area (TPSA) is 78.8 Å². The summed E-state index contributed by atoms with van der Waals surface area (Å²) < 4.78 is 38.9. The molecule has 4 nitrogen and oxygen atoms in total. The van der Waals surface area contributed by atoms with Crippen molar-refractivity contribution in [3.8, 4) is 5.75 Å². The minimum Gasteiger partial charge on any atom is -0.508 e. The molecular formula is C12H11F3N2O2. The number of amidine groups is 1. The van der Waals surface area contributed by atoms with E-state index in [0.717, 1.165) is 0 Å². The number of hydrogen-bond donors (Lipinski definition) is 3. The number of nitrogens with zero attached hydrogens (tertiary/aromatic N) is 1. The third-order valence-electron chi connectivity index (χ3n) is 2.73. The highest BCUT2D eigenvalue weighted by atomic mass is 19.4. The van der Waals surface area contributed by atoms with Crippen molar-refractivity contribution in [2.24, 2.45) is 10.7 Å². The van der Waals surface area contributed by atoms with Crippen LogP contribution in [0.3, 0.4) is 0 Å². The summed E-state index contributed by atoms with van der Waals surface area (Å²) in [7, 11) is 0. The Hall–Kier alpha value is -2.02. The molecule has 0 amide bonds. The average Bonchev–Trinajstić information content (AvgIpc) is 2.28. The molecule has 1 atom stereocenters. The Balaban J connectivity index is 2.59. The van der Waals surface area contributed by atoms with Crippen LogP contribution in [0.2, 0.25) is 0 Å². The maximum absolute atomic E-state index is 13.0. The van der Waals surface area contributed by atoms with E-state index in [1.165, 1.54) is 24.3 Å². The van der Waals surface area contributed by atoms with Crippen molar-refractivity contribution >= 4 is 11.4 Å². The van der Waals surface area contributed by atoms with Crippen LogP contribution in [0.25, 0.3) is 5.57 Å². The predicted octanol–water partition coefficient (Wildman–Crippen LogP) is 1.79. The highest BCUT2D eigenvalue weighted by Crippen LogP contribution is 2.38. The fourth-order valence-corrected chi connectivity index (χ4v) is 1.92. The maximum atomic E-state index is 13.0. The predicted molar refractivity (Wildman–Crippen MR) is 63.3 cm³/mol. The van der Waals surface area contributed by atoms with Gasteiger partial charge in [-0.25, -0.2) is 4.99 Å². The molecule has 0 fully saturated rings. The van der Waals surface area contributed by atoms with Crippen LogP contribution in [0.4, 0.5) is 13.2 Å². The molecule has 1 unspecified atom stereocenters. The van der Waals surface area contributed by atoms with E-state index in [2.05, 4.69) is 4.99 Å². The van der Waals surface area contributed by atoms with E-state index in [1.54, 1.807) is 0 Å². The van der Waals surface area contributed by atoms with E-state index in [0.29, 0.717) is 0 Å². The second kappa shape index (κ2) is 4.58. The number of nitrogens with two attached hydrogens (primary N) is 1. The Labute approximate surface area is 106 Å². The van der Waals surface area contributed by atoms with Crippen LogP contribution in [0, 0.1) is 0 Å². The van der Waals surface area contributed by atoms with Crippen molar-refractivity contribution in [1.82, 2.24) is 0 Å². The smallest absolute Gasteiger partial charge is 0.413 e. The Kier molecular flexibility index (Phi) is 3.23. The van der Waals surface area contributed by atoms with Gasteiger partial charge < -0.3 is 15.9 Å². The molecule has 102 valence electrons. The average molecular weight is 272 g/mol. The fraction of sp³-hybridized carbons (Fsp3) is 0.250. The van der Waals surface area contributed by atoms with Gasteiger partial charge in [0, 0.05) is 17.6 Å². The number of phenols is 1. The number of alkyl halides is 3. The molecule has 19 heavy (non-hydrogen) atoms. The van der Waals surface area contributed by atoms with E-state index >= 15 is 0 Å². The third-order valence-corrected chi connectivity index (χ3v) is 2.73. The van der Waals surface area contributed by atoms with Crippen LogP contribution in [-0.4, -0.2) is 28.5 Å². The molecule has 0 aromatic heterocycles. The molecule has 0 saturated heterocycles. The van der Waals surface area contributed by atoms with Crippen LogP contribution in [0.15, 0.2) is 34.8 Å². The molecule has 0 bridgehead atoms. The number of aliphatic hydroxyl groups is 1. The number of rotatable bonds is 1. The quantitative estimate of drug-likeness (QED) is 0.729. The molecule has 1 heterocycles. The molecule has 2 rings (SSSR count). The summed E-state index contributed by atoms with van der Waals surface area (Å²) in [4.78, 5) is 3.56. The van der Waals surface area contributed by atoms with Gasteiger partial charge in [-0.15, -0.1) is 0 Å². The van der Waals surface area contributed by atoms with Gasteiger partial charge in [0.2, 0.25) is 0 Å². The van der Waals surface area contributed by atoms with Crippen molar-refractivity contribution in [2.75, 3.05) is 0 Å². The van der Waals surface area contributed by atoms with Crippen molar-refractivity contribution in [3.05, 3.63) is 35.4 Å². The molecule has 4 N–H and O–H groups in total. The second-order valence-electron chi connectivity index (χ2n) is 4.10. The zero-order valence-electron chi connectivity index (χ0n) is 9.65. The first kappa shape index (κ1) is 13.4. The summed E-state index contributed by atoms with van der Waals surface area (Å²) in [5.41, 5.74) is 4.52. The number of aliphatic hydroxyl groups excluding tert-OH is 1. The number of aliphatic imine (C=N–C) groups is 1. The second-order valence-corrected chi connectivity index (χ2v) is 4.10. The number of aromatic hydroxyl groups is 1. The molecule has 1 aromatic rings. The minimum absolute atomic E-state index is 0.0655. The van der Waals surface area contributed by atoms with Gasteiger partial charge in [-0.1, -0.05) is 12.1 Å². The van der Waals surface area contributed by atoms with Gasteiger partial charge in [-0.3, -0.25) is 0 Å². The van der Waals surface area contributed by atoms with Crippen LogP contribution in [0.5, 0.6) is 5.75 Å². The lowest BCUT2D eigenvalue weighted by atomic mass is 9.93. The molecule has 1 aliphatic heterocycles. The summed E-state index contributed by atoms with van der Waals surface area (Å²) >= 11 is 0. The molecule has 0 aliphatic carbocycles. The van der Waals surface area contributed by atoms with Crippen LogP contribution in [-0.2, 0) is 0 Å². The van der Waals surface area contributed by atoms with Gasteiger partial charge >= 0.3 is 6.18 Å². The maximum Gasteiger partial charge on any atom is 0.413 e. The first-order valence-corrected chi connectivity index (χ1v) is 5.40. The van der Waals surface area contributed by atoms with Crippen molar-refractivity contribution in [1.29, 1.82) is 0 Å². The van der Waals surface area contributed by atoms with Crippen LogP contribution in [0.1, 0.15) is 12.0 Å². The lowest BCUT2D eigenvalue weighted by Gasteiger charge is -2.23. The zero-order valence-corrected chi connectivity index (χ0v) is 9.65. The number of halogens is 3. The monoisotopic (exact) mass is 272 g/mol. The number of dihydropyridines is 1. The summed E-state index contributed by atoms with van der Waals surface area (Å²) in [5, 5.41) is 18.4. The number of phenolic OH excluding ortho intramolecular Hbond substituents is 1. The summed E-state index contributed by atoms with van der Waals surface area (Å²) in [5.74, 6) is -0.430. The van der Waals surface area contributed by atoms with E-state index < -0.39 is 24.4 Å². The molecule has 0 spiro atoms. The Morgan fingerprint density at radius 3 is 2.32 bits per heavy atom. The molecule has 7 heteroatoms. The van der Waals surface area contributed by atoms with E-state index in [9.17, 15) is 18.3 Å². The summed E-state index contributed by atoms with van der Waals surface area (Å²) in [6.07, 6.45) is -6.73. The third kappa shape index (κ3) is 2.70. The van der Waals surface area contributed by atoms with Gasteiger partial charge in [0.05, 0.1) is 0 Å². The SMILES string of the molecule is NC1=NC(O)CC(C(F)(F)F)=C1c1ccc(O)cc1. The lowest BCUT2D eigenvalue weighted by Crippen LogP contribution is -2.30. The molecular weight excluding hydrogens is 261 g/mol. The van der Waals surface area contributed by atoms with Gasteiger partial charge in [-0.2, -0.15) is 13.2 Å².